The van der Waals surface area contributed by atoms with E-state index in [4.69, 9.17) is 14.2 Å². The average molecular weight is 365 g/mol. The first kappa shape index (κ1) is 22.0. The number of esters is 1. The predicted octanol–water partition coefficient (Wildman–Crippen LogP) is 3.05. The van der Waals surface area contributed by atoms with Gasteiger partial charge in [0.25, 0.3) is 5.91 Å². The molecule has 146 valence electrons. The first-order valence-corrected chi connectivity index (χ1v) is 9.36. The van der Waals surface area contributed by atoms with Gasteiger partial charge in [0.05, 0.1) is 13.0 Å². The summed E-state index contributed by atoms with van der Waals surface area (Å²) in [6.07, 6.45) is 3.04. The minimum absolute atomic E-state index is 0.0521. The molecule has 6 nitrogen and oxygen atoms in total. The van der Waals surface area contributed by atoms with Crippen molar-refractivity contribution in [1.82, 2.24) is 4.90 Å². The molecule has 0 atom stereocenters. The number of carbonyl (C=O) groups is 2. The van der Waals surface area contributed by atoms with Crippen LogP contribution >= 0.6 is 0 Å². The highest BCUT2D eigenvalue weighted by Crippen LogP contribution is 2.09. The molecule has 0 N–H and O–H groups in total. The lowest BCUT2D eigenvalue weighted by Gasteiger charge is -2.22. The van der Waals surface area contributed by atoms with Crippen molar-refractivity contribution in [3.63, 3.8) is 0 Å². The van der Waals surface area contributed by atoms with Gasteiger partial charge in [-0.05, 0) is 31.9 Å². The fraction of sp³-hybridized carbons (Fsp3) is 0.600. The van der Waals surface area contributed by atoms with Crippen LogP contribution in [0.1, 0.15) is 39.5 Å². The maximum atomic E-state index is 12.5. The Labute approximate surface area is 156 Å². The lowest BCUT2D eigenvalue weighted by molar-refractivity contribution is -0.144. The highest BCUT2D eigenvalue weighted by atomic mass is 16.5. The lowest BCUT2D eigenvalue weighted by Crippen LogP contribution is -2.37. The minimum Gasteiger partial charge on any atom is -0.484 e. The van der Waals surface area contributed by atoms with E-state index in [0.717, 1.165) is 25.9 Å². The summed E-state index contributed by atoms with van der Waals surface area (Å²) in [5.74, 6) is 0.203. The molecule has 1 amide bonds. The molecule has 0 saturated heterocycles. The van der Waals surface area contributed by atoms with E-state index in [-0.39, 0.29) is 24.9 Å². The third-order valence-corrected chi connectivity index (χ3v) is 3.71. The Bertz CT molecular complexity index is 506. The highest BCUT2D eigenvalue weighted by molar-refractivity contribution is 5.78. The summed E-state index contributed by atoms with van der Waals surface area (Å²) in [6.45, 7) is 6.37. The van der Waals surface area contributed by atoms with E-state index in [9.17, 15) is 9.59 Å². The standard InChI is InChI=1S/C20H31NO5/c1-3-5-15-24-16-9-13-21(14-12-20(23)25-4-2)19(22)17-26-18-10-7-6-8-11-18/h6-8,10-11H,3-5,9,12-17H2,1-2H3. The fourth-order valence-electron chi connectivity index (χ4n) is 2.28. The second kappa shape index (κ2) is 14.1. The zero-order valence-electron chi connectivity index (χ0n) is 15.9. The summed E-state index contributed by atoms with van der Waals surface area (Å²) in [6, 6.07) is 9.20. The zero-order chi connectivity index (χ0) is 19.0. The Balaban J connectivity index is 2.43. The van der Waals surface area contributed by atoms with Crippen LogP contribution in [0.2, 0.25) is 0 Å². The third kappa shape index (κ3) is 10.0. The third-order valence-electron chi connectivity index (χ3n) is 3.71. The number of nitrogens with zero attached hydrogens (tertiary/aromatic N) is 1. The summed E-state index contributed by atoms with van der Waals surface area (Å²) in [4.78, 5) is 25.7. The van der Waals surface area contributed by atoms with Crippen LogP contribution in [0.3, 0.4) is 0 Å². The Morgan fingerprint density at radius 1 is 1.00 bits per heavy atom. The molecule has 0 unspecified atom stereocenters. The number of hydrogen-bond acceptors (Lipinski definition) is 5. The molecule has 1 rings (SSSR count). The van der Waals surface area contributed by atoms with Crippen molar-refractivity contribution >= 4 is 11.9 Å². The van der Waals surface area contributed by atoms with Gasteiger partial charge in [-0.15, -0.1) is 0 Å². The topological polar surface area (TPSA) is 65.1 Å². The minimum atomic E-state index is -0.298. The number of rotatable bonds is 14. The van der Waals surface area contributed by atoms with Crippen LogP contribution in [0.4, 0.5) is 0 Å². The van der Waals surface area contributed by atoms with E-state index in [2.05, 4.69) is 6.92 Å². The summed E-state index contributed by atoms with van der Waals surface area (Å²) in [5, 5.41) is 0. The van der Waals surface area contributed by atoms with Crippen LogP contribution in [-0.4, -0.2) is 56.3 Å². The monoisotopic (exact) mass is 365 g/mol. The first-order valence-electron chi connectivity index (χ1n) is 9.36. The molecular weight excluding hydrogens is 334 g/mol. The normalized spacial score (nSPS) is 10.4. The Kier molecular flexibility index (Phi) is 11.9. The van der Waals surface area contributed by atoms with E-state index in [1.165, 1.54) is 0 Å². The van der Waals surface area contributed by atoms with Gasteiger partial charge in [-0.3, -0.25) is 9.59 Å². The van der Waals surface area contributed by atoms with Crippen molar-refractivity contribution in [2.24, 2.45) is 0 Å². The number of hydrogen-bond donors (Lipinski definition) is 0. The van der Waals surface area contributed by atoms with Gasteiger partial charge >= 0.3 is 5.97 Å². The van der Waals surface area contributed by atoms with Gasteiger partial charge in [0.15, 0.2) is 6.61 Å². The van der Waals surface area contributed by atoms with Crippen LogP contribution in [0.15, 0.2) is 30.3 Å². The number of benzene rings is 1. The van der Waals surface area contributed by atoms with Crippen LogP contribution < -0.4 is 4.74 Å². The van der Waals surface area contributed by atoms with Gasteiger partial charge in [0.2, 0.25) is 0 Å². The molecule has 0 aliphatic rings. The molecule has 0 aromatic heterocycles. The Hall–Kier alpha value is -2.08. The molecule has 6 heteroatoms. The van der Waals surface area contributed by atoms with Gasteiger partial charge < -0.3 is 19.1 Å². The maximum absolute atomic E-state index is 12.5. The van der Waals surface area contributed by atoms with Gasteiger partial charge in [0, 0.05) is 26.3 Å². The van der Waals surface area contributed by atoms with Crippen LogP contribution in [0.25, 0.3) is 0 Å². The molecule has 1 aromatic carbocycles. The molecule has 0 fully saturated rings. The van der Waals surface area contributed by atoms with Gasteiger partial charge in [-0.2, -0.15) is 0 Å². The smallest absolute Gasteiger partial charge is 0.307 e. The van der Waals surface area contributed by atoms with E-state index < -0.39 is 0 Å². The zero-order valence-corrected chi connectivity index (χ0v) is 15.9. The fourth-order valence-corrected chi connectivity index (χ4v) is 2.28. The van der Waals surface area contributed by atoms with Crippen LogP contribution in [-0.2, 0) is 19.1 Å². The molecule has 0 spiro atoms. The van der Waals surface area contributed by atoms with Crippen molar-refractivity contribution in [1.29, 1.82) is 0 Å². The molecule has 0 bridgehead atoms. The number of amides is 1. The van der Waals surface area contributed by atoms with Gasteiger partial charge in [0.1, 0.15) is 5.75 Å². The summed E-state index contributed by atoms with van der Waals surface area (Å²) in [5.41, 5.74) is 0. The number of unbranched alkanes of at least 4 members (excludes halogenated alkanes) is 1. The highest BCUT2D eigenvalue weighted by Gasteiger charge is 2.16. The average Bonchev–Trinajstić information content (AvgIpc) is 2.66. The largest absolute Gasteiger partial charge is 0.484 e. The molecule has 0 radical (unpaired) electrons. The van der Waals surface area contributed by atoms with Crippen LogP contribution in [0.5, 0.6) is 5.75 Å². The summed E-state index contributed by atoms with van der Waals surface area (Å²) < 4.78 is 16.0. The predicted molar refractivity (Wildman–Crippen MR) is 100 cm³/mol. The van der Waals surface area contributed by atoms with Crippen molar-refractivity contribution in [2.75, 3.05) is 39.5 Å². The molecular formula is C20H31NO5. The van der Waals surface area contributed by atoms with Crippen molar-refractivity contribution in [2.45, 2.75) is 39.5 Å². The Morgan fingerprint density at radius 2 is 1.73 bits per heavy atom. The Morgan fingerprint density at radius 3 is 2.42 bits per heavy atom. The molecule has 0 aliphatic heterocycles. The number of carbonyl (C=O) groups excluding carboxylic acids is 2. The van der Waals surface area contributed by atoms with Gasteiger partial charge in [-0.25, -0.2) is 0 Å². The number of ether oxygens (including phenoxy) is 3. The summed E-state index contributed by atoms with van der Waals surface area (Å²) in [7, 11) is 0. The number of para-hydroxylation sites is 1. The second-order valence-corrected chi connectivity index (χ2v) is 5.86. The van der Waals surface area contributed by atoms with Crippen molar-refractivity contribution in [3.05, 3.63) is 30.3 Å². The first-order chi connectivity index (χ1) is 12.7. The summed E-state index contributed by atoms with van der Waals surface area (Å²) >= 11 is 0. The molecule has 1 aromatic rings. The lowest BCUT2D eigenvalue weighted by atomic mass is 10.3. The molecule has 0 aliphatic carbocycles. The maximum Gasteiger partial charge on any atom is 0.307 e. The van der Waals surface area contributed by atoms with E-state index >= 15 is 0 Å². The molecule has 0 heterocycles. The quantitative estimate of drug-likeness (QED) is 0.374. The van der Waals surface area contributed by atoms with Crippen molar-refractivity contribution in [3.8, 4) is 5.75 Å². The van der Waals surface area contributed by atoms with E-state index in [0.29, 0.717) is 32.1 Å². The van der Waals surface area contributed by atoms with Crippen molar-refractivity contribution < 1.29 is 23.8 Å². The molecule has 0 saturated carbocycles. The SMILES string of the molecule is CCCCOCCCN(CCC(=O)OCC)C(=O)COc1ccccc1. The van der Waals surface area contributed by atoms with E-state index in [1.807, 2.05) is 18.2 Å². The second-order valence-electron chi connectivity index (χ2n) is 5.86. The molecule has 26 heavy (non-hydrogen) atoms. The van der Waals surface area contributed by atoms with Gasteiger partial charge in [-0.1, -0.05) is 31.5 Å². The van der Waals surface area contributed by atoms with Crippen LogP contribution in [0, 0.1) is 0 Å². The van der Waals surface area contributed by atoms with E-state index in [1.54, 1.807) is 24.0 Å².